The van der Waals surface area contributed by atoms with Gasteiger partial charge < -0.3 is 19.5 Å². The summed E-state index contributed by atoms with van der Waals surface area (Å²) in [5.41, 5.74) is 1.45. The van der Waals surface area contributed by atoms with E-state index in [0.717, 1.165) is 12.1 Å². The maximum atomic E-state index is 12.5. The quantitative estimate of drug-likeness (QED) is 0.873. The van der Waals surface area contributed by atoms with Crippen LogP contribution in [0.15, 0.2) is 42.7 Å². The van der Waals surface area contributed by atoms with Gasteiger partial charge in [0.25, 0.3) is 0 Å². The van der Waals surface area contributed by atoms with Crippen molar-refractivity contribution in [3.05, 3.63) is 42.7 Å². The minimum Gasteiger partial charge on any atom is -0.461 e. The predicted octanol–water partition coefficient (Wildman–Crippen LogP) is 3.94. The summed E-state index contributed by atoms with van der Waals surface area (Å²) < 4.78 is 40.6. The zero-order valence-electron chi connectivity index (χ0n) is 12.2. The van der Waals surface area contributed by atoms with Crippen LogP contribution in [0.1, 0.15) is 12.8 Å². The van der Waals surface area contributed by atoms with Crippen molar-refractivity contribution in [2.24, 2.45) is 0 Å². The van der Waals surface area contributed by atoms with Gasteiger partial charge in [0.15, 0.2) is 17.8 Å². The van der Waals surface area contributed by atoms with Gasteiger partial charge in [0.05, 0.1) is 18.5 Å². The minimum absolute atomic E-state index is 0.0211. The number of nitrogens with one attached hydrogen (secondary N) is 1. The van der Waals surface area contributed by atoms with Crippen molar-refractivity contribution in [1.29, 1.82) is 0 Å². The lowest BCUT2D eigenvalue weighted by Gasteiger charge is -2.17. The fourth-order valence-corrected chi connectivity index (χ4v) is 2.26. The van der Waals surface area contributed by atoms with Crippen molar-refractivity contribution < 1.29 is 23.0 Å². The number of ether oxygens (including phenoxy) is 3. The van der Waals surface area contributed by atoms with Gasteiger partial charge in [0.1, 0.15) is 0 Å². The highest BCUT2D eigenvalue weighted by Gasteiger charge is 2.20. The molecule has 0 spiro atoms. The SMILES string of the molecule is FC(F)Oc1ccc(Nc2cccnc2)cc1OC1CCCO1. The van der Waals surface area contributed by atoms with Crippen molar-refractivity contribution in [2.45, 2.75) is 25.7 Å². The normalized spacial score (nSPS) is 17.3. The van der Waals surface area contributed by atoms with Gasteiger partial charge in [-0.05, 0) is 30.7 Å². The topological polar surface area (TPSA) is 52.6 Å². The number of alkyl halides is 2. The molecule has 0 amide bonds. The van der Waals surface area contributed by atoms with Crippen molar-refractivity contribution in [3.8, 4) is 11.5 Å². The lowest BCUT2D eigenvalue weighted by molar-refractivity contribution is -0.0632. The van der Waals surface area contributed by atoms with Gasteiger partial charge in [-0.25, -0.2) is 0 Å². The average Bonchev–Trinajstić information content (AvgIpc) is 3.03. The molecular formula is C16H16F2N2O3. The van der Waals surface area contributed by atoms with Crippen LogP contribution in [0.5, 0.6) is 11.5 Å². The van der Waals surface area contributed by atoms with E-state index >= 15 is 0 Å². The Bertz CT molecular complexity index is 634. The number of nitrogens with zero attached hydrogens (tertiary/aromatic N) is 1. The molecule has 0 bridgehead atoms. The number of hydrogen-bond donors (Lipinski definition) is 1. The third-order valence-electron chi connectivity index (χ3n) is 3.26. The molecule has 3 rings (SSSR count). The highest BCUT2D eigenvalue weighted by atomic mass is 19.3. The second-order valence-electron chi connectivity index (χ2n) is 4.97. The van der Waals surface area contributed by atoms with Crippen LogP contribution < -0.4 is 14.8 Å². The minimum atomic E-state index is -2.92. The molecular weight excluding hydrogens is 306 g/mol. The van der Waals surface area contributed by atoms with Crippen LogP contribution in [0.3, 0.4) is 0 Å². The van der Waals surface area contributed by atoms with E-state index in [0.29, 0.717) is 18.7 Å². The summed E-state index contributed by atoms with van der Waals surface area (Å²) in [4.78, 5) is 4.01. The van der Waals surface area contributed by atoms with Gasteiger partial charge >= 0.3 is 6.61 Å². The summed E-state index contributed by atoms with van der Waals surface area (Å²) in [6.45, 7) is -2.32. The second kappa shape index (κ2) is 7.23. The molecule has 2 aromatic rings. The summed E-state index contributed by atoms with van der Waals surface area (Å²) in [7, 11) is 0. The number of benzene rings is 1. The molecule has 1 fully saturated rings. The Morgan fingerprint density at radius 1 is 1.22 bits per heavy atom. The van der Waals surface area contributed by atoms with Gasteiger partial charge in [0, 0.05) is 24.4 Å². The molecule has 0 radical (unpaired) electrons. The Balaban J connectivity index is 1.80. The van der Waals surface area contributed by atoms with Gasteiger partial charge in [-0.3, -0.25) is 4.98 Å². The molecule has 1 aromatic heterocycles. The summed E-state index contributed by atoms with van der Waals surface area (Å²) >= 11 is 0. The molecule has 1 aromatic carbocycles. The zero-order chi connectivity index (χ0) is 16.1. The molecule has 0 saturated carbocycles. The lowest BCUT2D eigenvalue weighted by Crippen LogP contribution is -2.15. The molecule has 7 heteroatoms. The molecule has 1 N–H and O–H groups in total. The molecule has 122 valence electrons. The third kappa shape index (κ3) is 4.29. The maximum absolute atomic E-state index is 12.5. The van der Waals surface area contributed by atoms with Crippen molar-refractivity contribution >= 4 is 11.4 Å². The van der Waals surface area contributed by atoms with Crippen LogP contribution in [0, 0.1) is 0 Å². The summed E-state index contributed by atoms with van der Waals surface area (Å²) in [5, 5.41) is 3.12. The first-order valence-electron chi connectivity index (χ1n) is 7.25. The largest absolute Gasteiger partial charge is 0.461 e. The Hall–Kier alpha value is -2.41. The highest BCUT2D eigenvalue weighted by Crippen LogP contribution is 2.34. The van der Waals surface area contributed by atoms with E-state index in [2.05, 4.69) is 15.0 Å². The third-order valence-corrected chi connectivity index (χ3v) is 3.26. The lowest BCUT2D eigenvalue weighted by atomic mass is 10.2. The number of hydrogen-bond acceptors (Lipinski definition) is 5. The van der Waals surface area contributed by atoms with E-state index in [-0.39, 0.29) is 11.5 Å². The molecule has 2 heterocycles. The summed E-state index contributed by atoms with van der Waals surface area (Å²) in [6, 6.07) is 8.31. The Morgan fingerprint density at radius 3 is 2.83 bits per heavy atom. The number of halogens is 2. The average molecular weight is 322 g/mol. The Labute approximate surface area is 132 Å². The first-order valence-corrected chi connectivity index (χ1v) is 7.25. The van der Waals surface area contributed by atoms with Crippen LogP contribution >= 0.6 is 0 Å². The summed E-state index contributed by atoms with van der Waals surface area (Å²) in [6.07, 6.45) is 4.47. The number of aromatic nitrogens is 1. The van der Waals surface area contributed by atoms with Gasteiger partial charge in [-0.1, -0.05) is 0 Å². The molecule has 0 aliphatic carbocycles. The van der Waals surface area contributed by atoms with E-state index in [1.54, 1.807) is 30.6 Å². The number of anilines is 2. The number of pyridine rings is 1. The Morgan fingerprint density at radius 2 is 2.13 bits per heavy atom. The Kier molecular flexibility index (Phi) is 4.87. The van der Waals surface area contributed by atoms with Crippen molar-refractivity contribution in [3.63, 3.8) is 0 Å². The fourth-order valence-electron chi connectivity index (χ4n) is 2.26. The number of rotatable bonds is 6. The van der Waals surface area contributed by atoms with Crippen LogP contribution in [-0.4, -0.2) is 24.5 Å². The molecule has 1 saturated heterocycles. The van der Waals surface area contributed by atoms with Crippen LogP contribution in [-0.2, 0) is 4.74 Å². The van der Waals surface area contributed by atoms with Crippen molar-refractivity contribution in [2.75, 3.05) is 11.9 Å². The van der Waals surface area contributed by atoms with Crippen LogP contribution in [0.4, 0.5) is 20.2 Å². The van der Waals surface area contributed by atoms with Crippen LogP contribution in [0.2, 0.25) is 0 Å². The summed E-state index contributed by atoms with van der Waals surface area (Å²) in [5.74, 6) is 0.193. The van der Waals surface area contributed by atoms with Crippen LogP contribution in [0.25, 0.3) is 0 Å². The van der Waals surface area contributed by atoms with Gasteiger partial charge in [0.2, 0.25) is 0 Å². The zero-order valence-corrected chi connectivity index (χ0v) is 12.2. The first kappa shape index (κ1) is 15.5. The molecule has 1 unspecified atom stereocenters. The molecule has 1 aliphatic rings. The maximum Gasteiger partial charge on any atom is 0.387 e. The molecule has 23 heavy (non-hydrogen) atoms. The molecule has 1 aliphatic heterocycles. The highest BCUT2D eigenvalue weighted by molar-refractivity contribution is 5.62. The second-order valence-corrected chi connectivity index (χ2v) is 4.97. The smallest absolute Gasteiger partial charge is 0.387 e. The van der Waals surface area contributed by atoms with E-state index in [1.165, 1.54) is 6.07 Å². The van der Waals surface area contributed by atoms with Gasteiger partial charge in [-0.2, -0.15) is 8.78 Å². The fraction of sp³-hybridized carbons (Fsp3) is 0.312. The predicted molar refractivity (Wildman–Crippen MR) is 80.2 cm³/mol. The van der Waals surface area contributed by atoms with Crippen molar-refractivity contribution in [1.82, 2.24) is 4.98 Å². The van der Waals surface area contributed by atoms with E-state index < -0.39 is 12.9 Å². The molecule has 1 atom stereocenters. The van der Waals surface area contributed by atoms with Gasteiger partial charge in [-0.15, -0.1) is 0 Å². The standard InChI is InChI=1S/C16H16F2N2O3/c17-16(18)23-13-6-5-11(20-12-3-1-7-19-10-12)9-14(13)22-15-4-2-8-21-15/h1,3,5-7,9-10,15-16,20H,2,4,8H2. The van der Waals surface area contributed by atoms with E-state index in [4.69, 9.17) is 9.47 Å². The monoisotopic (exact) mass is 322 g/mol. The molecule has 5 nitrogen and oxygen atoms in total. The van der Waals surface area contributed by atoms with E-state index in [1.807, 2.05) is 6.07 Å². The van der Waals surface area contributed by atoms with E-state index in [9.17, 15) is 8.78 Å². The first-order chi connectivity index (χ1) is 11.2.